The molecular formula is C15H16N4O4. The number of pyridine rings is 1. The Morgan fingerprint density at radius 1 is 1.43 bits per heavy atom. The maximum atomic E-state index is 12.5. The van der Waals surface area contributed by atoms with E-state index in [1.807, 2.05) is 0 Å². The van der Waals surface area contributed by atoms with Gasteiger partial charge in [-0.05, 0) is 30.9 Å². The van der Waals surface area contributed by atoms with Crippen molar-refractivity contribution in [2.75, 3.05) is 12.4 Å². The fourth-order valence-electron chi connectivity index (χ4n) is 2.79. The number of aromatic nitrogens is 3. The van der Waals surface area contributed by atoms with Crippen LogP contribution in [0.3, 0.4) is 0 Å². The van der Waals surface area contributed by atoms with Crippen LogP contribution >= 0.6 is 0 Å². The number of hydrogen-bond donors (Lipinski definition) is 3. The molecule has 0 radical (unpaired) electrons. The standard InChI is InChI=1S/C15H16N4O4/c1-23-14-11(15(21)22)5-9(7-16-14)18-13(20)10-4-2-3-8-6-17-19-12(8)10/h5-7,10H,2-4H2,1H3,(H,17,19)(H,18,20)(H,21,22). The van der Waals surface area contributed by atoms with Crippen LogP contribution in [0.2, 0.25) is 0 Å². The van der Waals surface area contributed by atoms with Crippen LogP contribution in [0.5, 0.6) is 5.88 Å². The van der Waals surface area contributed by atoms with Gasteiger partial charge in [-0.2, -0.15) is 5.10 Å². The normalized spacial score (nSPS) is 16.5. The monoisotopic (exact) mass is 316 g/mol. The maximum absolute atomic E-state index is 12.5. The maximum Gasteiger partial charge on any atom is 0.341 e. The number of H-pyrrole nitrogens is 1. The Morgan fingerprint density at radius 2 is 2.26 bits per heavy atom. The summed E-state index contributed by atoms with van der Waals surface area (Å²) in [5, 5.41) is 18.8. The van der Waals surface area contributed by atoms with Crippen molar-refractivity contribution in [1.29, 1.82) is 0 Å². The smallest absolute Gasteiger partial charge is 0.341 e. The zero-order valence-corrected chi connectivity index (χ0v) is 12.5. The number of carboxylic acids is 1. The number of aryl methyl sites for hydroxylation is 1. The van der Waals surface area contributed by atoms with Gasteiger partial charge < -0.3 is 15.2 Å². The zero-order chi connectivity index (χ0) is 16.4. The van der Waals surface area contributed by atoms with Gasteiger partial charge in [0, 0.05) is 0 Å². The second-order valence-electron chi connectivity index (χ2n) is 5.33. The van der Waals surface area contributed by atoms with E-state index in [1.165, 1.54) is 19.4 Å². The lowest BCUT2D eigenvalue weighted by Crippen LogP contribution is -2.25. The Hall–Kier alpha value is -2.90. The van der Waals surface area contributed by atoms with Crippen molar-refractivity contribution in [3.8, 4) is 5.88 Å². The minimum absolute atomic E-state index is 0.00372. The number of carboxylic acid groups (broad SMARTS) is 1. The molecule has 0 bridgehead atoms. The number of ether oxygens (including phenoxy) is 1. The summed E-state index contributed by atoms with van der Waals surface area (Å²) in [6.07, 6.45) is 5.65. The van der Waals surface area contributed by atoms with Gasteiger partial charge >= 0.3 is 5.97 Å². The fraction of sp³-hybridized carbons (Fsp3) is 0.333. The summed E-state index contributed by atoms with van der Waals surface area (Å²) in [7, 11) is 1.34. The predicted molar refractivity (Wildman–Crippen MR) is 80.6 cm³/mol. The molecule has 8 heteroatoms. The molecule has 3 rings (SSSR count). The van der Waals surface area contributed by atoms with E-state index in [2.05, 4.69) is 20.5 Å². The molecule has 3 N–H and O–H groups in total. The number of nitrogens with zero attached hydrogens (tertiary/aromatic N) is 2. The van der Waals surface area contributed by atoms with Crippen molar-refractivity contribution in [2.24, 2.45) is 0 Å². The summed E-state index contributed by atoms with van der Waals surface area (Å²) >= 11 is 0. The Bertz CT molecular complexity index is 756. The number of anilines is 1. The molecule has 2 aromatic heterocycles. The third-order valence-electron chi connectivity index (χ3n) is 3.90. The lowest BCUT2D eigenvalue weighted by Gasteiger charge is -2.21. The quantitative estimate of drug-likeness (QED) is 0.788. The summed E-state index contributed by atoms with van der Waals surface area (Å²) in [6.45, 7) is 0. The Morgan fingerprint density at radius 3 is 3.00 bits per heavy atom. The minimum Gasteiger partial charge on any atom is -0.480 e. The minimum atomic E-state index is -1.17. The van der Waals surface area contributed by atoms with Gasteiger partial charge in [0.1, 0.15) is 5.56 Å². The van der Waals surface area contributed by atoms with Gasteiger partial charge in [-0.15, -0.1) is 0 Å². The Kier molecular flexibility index (Phi) is 3.96. The highest BCUT2D eigenvalue weighted by Crippen LogP contribution is 2.31. The van der Waals surface area contributed by atoms with Gasteiger partial charge in [0.05, 0.1) is 36.8 Å². The number of aromatic carboxylic acids is 1. The molecule has 0 saturated carbocycles. The molecule has 0 aromatic carbocycles. The lowest BCUT2D eigenvalue weighted by molar-refractivity contribution is -0.118. The number of rotatable bonds is 4. The summed E-state index contributed by atoms with van der Waals surface area (Å²) < 4.78 is 4.90. The number of fused-ring (bicyclic) bond motifs is 1. The summed E-state index contributed by atoms with van der Waals surface area (Å²) in [6, 6.07) is 1.34. The first-order valence-corrected chi connectivity index (χ1v) is 7.20. The third-order valence-corrected chi connectivity index (χ3v) is 3.90. The van der Waals surface area contributed by atoms with E-state index in [0.29, 0.717) is 5.69 Å². The highest BCUT2D eigenvalue weighted by molar-refractivity contribution is 5.97. The molecule has 23 heavy (non-hydrogen) atoms. The van der Waals surface area contributed by atoms with Gasteiger partial charge in [0.25, 0.3) is 0 Å². The van der Waals surface area contributed by atoms with Gasteiger partial charge in [0.15, 0.2) is 0 Å². The highest BCUT2D eigenvalue weighted by atomic mass is 16.5. The molecule has 8 nitrogen and oxygen atoms in total. The average molecular weight is 316 g/mol. The molecule has 1 unspecified atom stereocenters. The molecule has 0 saturated heterocycles. The van der Waals surface area contributed by atoms with Gasteiger partial charge in [-0.1, -0.05) is 0 Å². The molecule has 0 aliphatic heterocycles. The van der Waals surface area contributed by atoms with Crippen molar-refractivity contribution in [2.45, 2.75) is 25.2 Å². The second-order valence-corrected chi connectivity index (χ2v) is 5.33. The largest absolute Gasteiger partial charge is 0.480 e. The Labute approximate surface area is 131 Å². The van der Waals surface area contributed by atoms with Crippen molar-refractivity contribution in [3.05, 3.63) is 35.3 Å². The summed E-state index contributed by atoms with van der Waals surface area (Å²) in [5.41, 5.74) is 2.10. The number of carbonyl (C=O) groups excluding carboxylic acids is 1. The Balaban J connectivity index is 1.82. The molecule has 1 aliphatic rings. The number of methoxy groups -OCH3 is 1. The molecule has 1 aliphatic carbocycles. The predicted octanol–water partition coefficient (Wildman–Crippen LogP) is 1.57. The third kappa shape index (κ3) is 2.87. The highest BCUT2D eigenvalue weighted by Gasteiger charge is 2.28. The van der Waals surface area contributed by atoms with Crippen LogP contribution in [0, 0.1) is 0 Å². The lowest BCUT2D eigenvalue weighted by atomic mass is 9.87. The molecule has 2 heterocycles. The topological polar surface area (TPSA) is 117 Å². The number of hydrogen-bond acceptors (Lipinski definition) is 5. The van der Waals surface area contributed by atoms with Crippen LogP contribution < -0.4 is 10.1 Å². The number of amides is 1. The van der Waals surface area contributed by atoms with Crippen molar-refractivity contribution in [3.63, 3.8) is 0 Å². The van der Waals surface area contributed by atoms with Crippen LogP contribution in [0.1, 0.15) is 40.4 Å². The van der Waals surface area contributed by atoms with Crippen molar-refractivity contribution in [1.82, 2.24) is 15.2 Å². The van der Waals surface area contributed by atoms with Crippen molar-refractivity contribution >= 4 is 17.6 Å². The average Bonchev–Trinajstić information content (AvgIpc) is 3.03. The van der Waals surface area contributed by atoms with Crippen LogP contribution in [0.15, 0.2) is 18.5 Å². The van der Waals surface area contributed by atoms with Gasteiger partial charge in [-0.3, -0.25) is 9.89 Å². The van der Waals surface area contributed by atoms with Crippen LogP contribution in [0.4, 0.5) is 5.69 Å². The van der Waals surface area contributed by atoms with E-state index >= 15 is 0 Å². The van der Waals surface area contributed by atoms with Gasteiger partial charge in [0.2, 0.25) is 11.8 Å². The van der Waals surface area contributed by atoms with Crippen LogP contribution in [-0.2, 0) is 11.2 Å². The molecule has 1 amide bonds. The van der Waals surface area contributed by atoms with E-state index in [9.17, 15) is 9.59 Å². The van der Waals surface area contributed by atoms with E-state index in [1.54, 1.807) is 6.20 Å². The first-order chi connectivity index (χ1) is 11.1. The summed E-state index contributed by atoms with van der Waals surface area (Å²) in [5.74, 6) is -1.70. The number of nitrogens with one attached hydrogen (secondary N) is 2. The molecule has 120 valence electrons. The van der Waals surface area contributed by atoms with Crippen LogP contribution in [-0.4, -0.2) is 39.3 Å². The first-order valence-electron chi connectivity index (χ1n) is 7.20. The molecule has 0 fully saturated rings. The number of aromatic amines is 1. The fourth-order valence-corrected chi connectivity index (χ4v) is 2.79. The molecule has 0 spiro atoms. The van der Waals surface area contributed by atoms with E-state index < -0.39 is 5.97 Å². The molecule has 2 aromatic rings. The molecule has 1 atom stereocenters. The zero-order valence-electron chi connectivity index (χ0n) is 12.5. The SMILES string of the molecule is COc1ncc(NC(=O)C2CCCc3cn[nH]c32)cc1C(=O)O. The van der Waals surface area contributed by atoms with Crippen molar-refractivity contribution < 1.29 is 19.4 Å². The number of carbonyl (C=O) groups is 2. The van der Waals surface area contributed by atoms with E-state index in [4.69, 9.17) is 9.84 Å². The summed E-state index contributed by atoms with van der Waals surface area (Å²) in [4.78, 5) is 27.6. The van der Waals surface area contributed by atoms with E-state index in [0.717, 1.165) is 30.5 Å². The van der Waals surface area contributed by atoms with Gasteiger partial charge in [-0.25, -0.2) is 9.78 Å². The van der Waals surface area contributed by atoms with E-state index in [-0.39, 0.29) is 23.3 Å². The molecular weight excluding hydrogens is 300 g/mol. The second kappa shape index (κ2) is 6.07. The first kappa shape index (κ1) is 15.0. The van der Waals surface area contributed by atoms with Crippen LogP contribution in [0.25, 0.3) is 0 Å².